The zero-order chi connectivity index (χ0) is 27.8. The molecule has 8 nitrogen and oxygen atoms in total. The first-order valence-corrected chi connectivity index (χ1v) is 13.8. The summed E-state index contributed by atoms with van der Waals surface area (Å²) in [5, 5.41) is 55.9. The van der Waals surface area contributed by atoms with Crippen LogP contribution in [0.5, 0.6) is 0 Å². The predicted molar refractivity (Wildman–Crippen MR) is 136 cm³/mol. The second-order valence-electron chi connectivity index (χ2n) is 13.8. The van der Waals surface area contributed by atoms with Crippen LogP contribution >= 0.6 is 0 Å². The normalized spacial score (nSPS) is 44.1. The lowest BCUT2D eigenvalue weighted by Gasteiger charge is -2.60. The predicted octanol–water partition coefficient (Wildman–Crippen LogP) is 2.42. The first-order chi connectivity index (χ1) is 16.9. The van der Waals surface area contributed by atoms with Crippen molar-refractivity contribution in [1.82, 2.24) is 0 Å². The highest BCUT2D eigenvalue weighted by Crippen LogP contribution is 2.68. The van der Waals surface area contributed by atoms with Crippen molar-refractivity contribution < 1.29 is 39.9 Å². The number of ketones is 1. The highest BCUT2D eigenvalue weighted by Gasteiger charge is 2.69. The van der Waals surface area contributed by atoms with Crippen LogP contribution in [0.1, 0.15) is 92.9 Å². The Kier molecular flexibility index (Phi) is 7.07. The summed E-state index contributed by atoms with van der Waals surface area (Å²) in [6, 6.07) is 0. The lowest BCUT2D eigenvalue weighted by atomic mass is 9.45. The average molecular weight is 523 g/mol. The maximum atomic E-state index is 13.5. The number of carbonyl (C=O) groups is 2. The van der Waals surface area contributed by atoms with Gasteiger partial charge < -0.3 is 30.3 Å². The molecule has 0 aromatic rings. The maximum absolute atomic E-state index is 13.5. The Bertz CT molecular complexity index is 965. The largest absolute Gasteiger partial charge is 0.460 e. The van der Waals surface area contributed by atoms with E-state index >= 15 is 0 Å². The minimum Gasteiger partial charge on any atom is -0.460 e. The van der Waals surface area contributed by atoms with Crippen molar-refractivity contribution >= 4 is 11.8 Å². The first kappa shape index (κ1) is 28.7. The van der Waals surface area contributed by atoms with Crippen LogP contribution in [-0.2, 0) is 14.3 Å². The number of carbonyl (C=O) groups excluding carboxylic acids is 2. The monoisotopic (exact) mass is 522 g/mol. The van der Waals surface area contributed by atoms with Crippen LogP contribution in [-0.4, -0.2) is 72.4 Å². The molecule has 37 heavy (non-hydrogen) atoms. The van der Waals surface area contributed by atoms with Crippen molar-refractivity contribution in [2.75, 3.05) is 0 Å². The van der Waals surface area contributed by atoms with Gasteiger partial charge in [-0.05, 0) is 101 Å². The molecule has 8 heteroatoms. The zero-order valence-electron chi connectivity index (χ0n) is 23.2. The number of ether oxygens (including phenoxy) is 1. The van der Waals surface area contributed by atoms with Crippen LogP contribution < -0.4 is 0 Å². The van der Waals surface area contributed by atoms with Crippen molar-refractivity contribution in [3.63, 3.8) is 0 Å². The van der Waals surface area contributed by atoms with Gasteiger partial charge in [0.05, 0.1) is 29.0 Å². The number of hydrogen-bond acceptors (Lipinski definition) is 8. The van der Waals surface area contributed by atoms with Gasteiger partial charge in [-0.1, -0.05) is 13.8 Å². The van der Waals surface area contributed by atoms with Crippen LogP contribution in [0.4, 0.5) is 0 Å². The highest BCUT2D eigenvalue weighted by molar-refractivity contribution is 5.95. The summed E-state index contributed by atoms with van der Waals surface area (Å²) in [7, 11) is 0. The molecule has 5 N–H and O–H groups in total. The summed E-state index contributed by atoms with van der Waals surface area (Å²) in [6.45, 7) is 10.2. The molecule has 0 heterocycles. The Morgan fingerprint density at radius 2 is 1.81 bits per heavy atom. The van der Waals surface area contributed by atoms with Gasteiger partial charge in [-0.2, -0.15) is 0 Å². The summed E-state index contributed by atoms with van der Waals surface area (Å²) in [6.07, 6.45) is 2.19. The maximum Gasteiger partial charge on any atom is 0.302 e. The Morgan fingerprint density at radius 1 is 1.16 bits per heavy atom. The molecule has 0 bridgehead atoms. The molecule has 4 aliphatic rings. The second kappa shape index (κ2) is 9.12. The lowest BCUT2D eigenvalue weighted by molar-refractivity contribution is -0.182. The van der Waals surface area contributed by atoms with Crippen molar-refractivity contribution in [3.8, 4) is 0 Å². The molecule has 0 spiro atoms. The van der Waals surface area contributed by atoms with E-state index in [0.717, 1.165) is 0 Å². The second-order valence-corrected chi connectivity index (χ2v) is 13.8. The molecule has 10 atom stereocenters. The Morgan fingerprint density at radius 3 is 2.41 bits per heavy atom. The van der Waals surface area contributed by atoms with E-state index < -0.39 is 63.8 Å². The molecule has 0 aromatic heterocycles. The summed E-state index contributed by atoms with van der Waals surface area (Å²) in [4.78, 5) is 25.0. The van der Waals surface area contributed by atoms with Crippen molar-refractivity contribution in [2.24, 2.45) is 28.6 Å². The van der Waals surface area contributed by atoms with E-state index in [-0.39, 0.29) is 24.5 Å². The van der Waals surface area contributed by atoms with Gasteiger partial charge in [0.15, 0.2) is 5.78 Å². The molecule has 3 saturated carbocycles. The number of esters is 1. The molecule has 3 fully saturated rings. The number of rotatable bonds is 6. The Balaban J connectivity index is 1.64. The van der Waals surface area contributed by atoms with Crippen LogP contribution in [0.2, 0.25) is 0 Å². The van der Waals surface area contributed by atoms with Crippen molar-refractivity contribution in [3.05, 3.63) is 11.6 Å². The van der Waals surface area contributed by atoms with Crippen LogP contribution in [0.25, 0.3) is 0 Å². The molecule has 0 aliphatic heterocycles. The molecule has 4 aliphatic carbocycles. The number of aliphatic hydroxyl groups excluding tert-OH is 2. The number of fused-ring (bicyclic) bond motifs is 5. The third-order valence-corrected chi connectivity index (χ3v) is 10.8. The molecule has 0 saturated heterocycles. The van der Waals surface area contributed by atoms with Gasteiger partial charge >= 0.3 is 5.97 Å². The van der Waals surface area contributed by atoms with Crippen LogP contribution in [0.3, 0.4) is 0 Å². The molecule has 0 aromatic carbocycles. The van der Waals surface area contributed by atoms with Gasteiger partial charge in [-0.3, -0.25) is 9.59 Å². The SMILES string of the molecule is CC(=O)O[C@H]1C[C@@H]2C(=O)C=C3[C@H](CC[C@]4(C)[C@@H]([C@@](C)(O)[C@H](O)CCC(C)(C)O)CCC34O)[C@@]2(C)C[C@H]1O. The van der Waals surface area contributed by atoms with Crippen LogP contribution in [0, 0.1) is 28.6 Å². The highest BCUT2D eigenvalue weighted by atomic mass is 16.6. The minimum atomic E-state index is -1.48. The minimum absolute atomic E-state index is 0.115. The molecular formula is C29H46O8. The average Bonchev–Trinajstić information content (AvgIpc) is 3.05. The number of aliphatic hydroxyl groups is 5. The molecule has 0 amide bonds. The fraction of sp³-hybridized carbons (Fsp3) is 0.862. The molecular weight excluding hydrogens is 476 g/mol. The van der Waals surface area contributed by atoms with E-state index in [1.54, 1.807) is 26.8 Å². The lowest BCUT2D eigenvalue weighted by Crippen LogP contribution is -2.63. The van der Waals surface area contributed by atoms with Gasteiger partial charge in [0.1, 0.15) is 6.10 Å². The fourth-order valence-corrected chi connectivity index (χ4v) is 8.65. The van der Waals surface area contributed by atoms with E-state index in [4.69, 9.17) is 4.74 Å². The van der Waals surface area contributed by atoms with Crippen LogP contribution in [0.15, 0.2) is 11.6 Å². The molecule has 1 unspecified atom stereocenters. The van der Waals surface area contributed by atoms with E-state index in [1.807, 2.05) is 13.8 Å². The van der Waals surface area contributed by atoms with Crippen molar-refractivity contribution in [1.29, 1.82) is 0 Å². The molecule has 4 rings (SSSR count). The van der Waals surface area contributed by atoms with Crippen molar-refractivity contribution in [2.45, 2.75) is 128 Å². The van der Waals surface area contributed by atoms with E-state index in [9.17, 15) is 35.1 Å². The topological polar surface area (TPSA) is 145 Å². The third-order valence-electron chi connectivity index (χ3n) is 10.8. The Hall–Kier alpha value is -1.32. The summed E-state index contributed by atoms with van der Waals surface area (Å²) >= 11 is 0. The quantitative estimate of drug-likeness (QED) is 0.335. The standard InChI is InChI=1S/C29H46O8/c1-16(30)37-22-14-19-20(31)13-18-17(26(19,4)15-21(22)32)7-11-27(5)23(8-12-29(18,27)36)28(6,35)24(33)9-10-25(2,3)34/h13,17,19,21-24,32-36H,7-12,14-15H2,1-6H3/t17-,19+,21+,22-,23-,24+,26+,27+,28+,29?/m0/s1. The van der Waals surface area contributed by atoms with E-state index in [2.05, 4.69) is 0 Å². The van der Waals surface area contributed by atoms with E-state index in [1.165, 1.54) is 6.92 Å². The number of hydrogen-bond donors (Lipinski definition) is 5. The Labute approximate surface area is 220 Å². The van der Waals surface area contributed by atoms with Gasteiger partial charge in [0, 0.05) is 18.3 Å². The summed E-state index contributed by atoms with van der Waals surface area (Å²) in [5.41, 5.74) is -4.42. The summed E-state index contributed by atoms with van der Waals surface area (Å²) < 4.78 is 5.32. The summed E-state index contributed by atoms with van der Waals surface area (Å²) in [5.74, 6) is -1.54. The van der Waals surface area contributed by atoms with Gasteiger partial charge in [-0.25, -0.2) is 0 Å². The van der Waals surface area contributed by atoms with Gasteiger partial charge in [-0.15, -0.1) is 0 Å². The fourth-order valence-electron chi connectivity index (χ4n) is 8.65. The number of allylic oxidation sites excluding steroid dienone is 1. The molecule has 210 valence electrons. The van der Waals surface area contributed by atoms with E-state index in [0.29, 0.717) is 44.1 Å². The first-order valence-electron chi connectivity index (χ1n) is 13.8. The van der Waals surface area contributed by atoms with Gasteiger partial charge in [0.25, 0.3) is 0 Å². The molecule has 0 radical (unpaired) electrons. The van der Waals surface area contributed by atoms with Gasteiger partial charge in [0.2, 0.25) is 0 Å². The zero-order valence-corrected chi connectivity index (χ0v) is 23.2. The third kappa shape index (κ3) is 4.50. The smallest absolute Gasteiger partial charge is 0.302 e.